The molecular formula is C19H18O2. The molecule has 0 aliphatic rings. The minimum atomic E-state index is 0.862. The molecular weight excluding hydrogens is 260 g/mol. The van der Waals surface area contributed by atoms with Gasteiger partial charge in [-0.15, -0.1) is 0 Å². The Bertz CT molecular complexity index is 791. The summed E-state index contributed by atoms with van der Waals surface area (Å²) in [5.41, 5.74) is 3.48. The maximum Gasteiger partial charge on any atom is 0.127 e. The summed E-state index contributed by atoms with van der Waals surface area (Å²) in [6.07, 6.45) is 0. The first-order valence-corrected chi connectivity index (χ1v) is 6.96. The number of hydrogen-bond acceptors (Lipinski definition) is 2. The Kier molecular flexibility index (Phi) is 3.53. The van der Waals surface area contributed by atoms with Gasteiger partial charge in [-0.3, -0.25) is 0 Å². The Labute approximate surface area is 124 Å². The summed E-state index contributed by atoms with van der Waals surface area (Å²) in [5.74, 6) is 1.73. The molecule has 0 aromatic heterocycles. The summed E-state index contributed by atoms with van der Waals surface area (Å²) in [4.78, 5) is 0. The van der Waals surface area contributed by atoms with Gasteiger partial charge < -0.3 is 9.47 Å². The van der Waals surface area contributed by atoms with E-state index in [1.54, 1.807) is 14.2 Å². The van der Waals surface area contributed by atoms with Gasteiger partial charge in [0.15, 0.2) is 0 Å². The van der Waals surface area contributed by atoms with Crippen molar-refractivity contribution in [3.05, 3.63) is 60.2 Å². The minimum absolute atomic E-state index is 0.862. The first-order valence-electron chi connectivity index (χ1n) is 6.96. The van der Waals surface area contributed by atoms with Gasteiger partial charge in [0.05, 0.1) is 14.2 Å². The first-order chi connectivity index (χ1) is 10.3. The molecule has 3 aromatic carbocycles. The number of rotatable bonds is 3. The van der Waals surface area contributed by atoms with Crippen LogP contribution in [0.3, 0.4) is 0 Å². The first kappa shape index (κ1) is 13.5. The molecule has 106 valence electrons. The molecule has 0 bridgehead atoms. The Balaban J connectivity index is 2.46. The summed E-state index contributed by atoms with van der Waals surface area (Å²) < 4.78 is 11.2. The molecule has 0 radical (unpaired) electrons. The second-order valence-corrected chi connectivity index (χ2v) is 5.02. The van der Waals surface area contributed by atoms with Crippen LogP contribution in [0.2, 0.25) is 0 Å². The summed E-state index contributed by atoms with van der Waals surface area (Å²) in [5, 5.41) is 2.24. The fourth-order valence-electron chi connectivity index (χ4n) is 2.79. The highest BCUT2D eigenvalue weighted by Crippen LogP contribution is 2.42. The predicted molar refractivity (Wildman–Crippen MR) is 87.2 cm³/mol. The summed E-state index contributed by atoms with van der Waals surface area (Å²) >= 11 is 0. The maximum absolute atomic E-state index is 5.61. The number of fused-ring (bicyclic) bond motifs is 1. The van der Waals surface area contributed by atoms with Gasteiger partial charge in [0.1, 0.15) is 11.5 Å². The van der Waals surface area contributed by atoms with Crippen molar-refractivity contribution in [1.29, 1.82) is 0 Å². The molecule has 0 saturated carbocycles. The Morgan fingerprint density at radius 1 is 0.714 bits per heavy atom. The average molecular weight is 278 g/mol. The standard InChI is InChI=1S/C19H18O2/c1-13-7-4-5-9-15(13)19-17(21-3)12-11-14-8-6-10-16(20-2)18(14)19/h4-12H,1-3H3. The zero-order valence-electron chi connectivity index (χ0n) is 12.5. The van der Waals surface area contributed by atoms with Crippen molar-refractivity contribution in [2.75, 3.05) is 14.2 Å². The van der Waals surface area contributed by atoms with Gasteiger partial charge in [-0.2, -0.15) is 0 Å². The molecule has 0 heterocycles. The smallest absolute Gasteiger partial charge is 0.127 e. The second kappa shape index (κ2) is 5.49. The quantitative estimate of drug-likeness (QED) is 0.683. The lowest BCUT2D eigenvalue weighted by Crippen LogP contribution is -1.94. The number of aryl methyl sites for hydroxylation is 1. The van der Waals surface area contributed by atoms with Crippen LogP contribution < -0.4 is 9.47 Å². The van der Waals surface area contributed by atoms with Crippen LogP contribution >= 0.6 is 0 Å². The molecule has 3 aromatic rings. The van der Waals surface area contributed by atoms with Crippen molar-refractivity contribution < 1.29 is 9.47 Å². The van der Waals surface area contributed by atoms with E-state index in [4.69, 9.17) is 9.47 Å². The van der Waals surface area contributed by atoms with Crippen molar-refractivity contribution in [1.82, 2.24) is 0 Å². The minimum Gasteiger partial charge on any atom is -0.496 e. The molecule has 0 unspecified atom stereocenters. The van der Waals surface area contributed by atoms with Gasteiger partial charge in [0.25, 0.3) is 0 Å². The second-order valence-electron chi connectivity index (χ2n) is 5.02. The fraction of sp³-hybridized carbons (Fsp3) is 0.158. The third-order valence-electron chi connectivity index (χ3n) is 3.82. The van der Waals surface area contributed by atoms with E-state index < -0.39 is 0 Å². The summed E-state index contributed by atoms with van der Waals surface area (Å²) in [6, 6.07) is 18.5. The van der Waals surface area contributed by atoms with Crippen molar-refractivity contribution in [3.63, 3.8) is 0 Å². The molecule has 0 saturated heterocycles. The van der Waals surface area contributed by atoms with E-state index in [0.29, 0.717) is 0 Å². The van der Waals surface area contributed by atoms with E-state index in [1.807, 2.05) is 24.3 Å². The molecule has 3 rings (SSSR count). The molecule has 0 fully saturated rings. The van der Waals surface area contributed by atoms with Crippen molar-refractivity contribution >= 4 is 10.8 Å². The maximum atomic E-state index is 5.61. The van der Waals surface area contributed by atoms with Gasteiger partial charge >= 0.3 is 0 Å². The number of benzene rings is 3. The number of methoxy groups -OCH3 is 2. The van der Waals surface area contributed by atoms with Crippen LogP contribution in [0.1, 0.15) is 5.56 Å². The van der Waals surface area contributed by atoms with Crippen LogP contribution in [0, 0.1) is 6.92 Å². The molecule has 0 aliphatic carbocycles. The molecule has 0 atom stereocenters. The van der Waals surface area contributed by atoms with Gasteiger partial charge in [-0.1, -0.05) is 42.5 Å². The average Bonchev–Trinajstić information content (AvgIpc) is 2.53. The highest BCUT2D eigenvalue weighted by atomic mass is 16.5. The van der Waals surface area contributed by atoms with Gasteiger partial charge in [0.2, 0.25) is 0 Å². The molecule has 0 N–H and O–H groups in total. The van der Waals surface area contributed by atoms with Crippen molar-refractivity contribution in [2.45, 2.75) is 6.92 Å². The topological polar surface area (TPSA) is 18.5 Å². The van der Waals surface area contributed by atoms with Crippen LogP contribution in [-0.4, -0.2) is 14.2 Å². The number of ether oxygens (including phenoxy) is 2. The highest BCUT2D eigenvalue weighted by molar-refractivity contribution is 6.04. The summed E-state index contributed by atoms with van der Waals surface area (Å²) in [7, 11) is 3.41. The zero-order valence-corrected chi connectivity index (χ0v) is 12.5. The van der Waals surface area contributed by atoms with Crippen LogP contribution in [0.15, 0.2) is 54.6 Å². The third kappa shape index (κ3) is 2.23. The summed E-state index contributed by atoms with van der Waals surface area (Å²) in [6.45, 7) is 2.11. The van der Waals surface area contributed by atoms with E-state index in [2.05, 4.69) is 37.3 Å². The van der Waals surface area contributed by atoms with E-state index >= 15 is 0 Å². The highest BCUT2D eigenvalue weighted by Gasteiger charge is 2.15. The Hall–Kier alpha value is -2.48. The zero-order chi connectivity index (χ0) is 14.8. The molecule has 21 heavy (non-hydrogen) atoms. The van der Waals surface area contributed by atoms with Gasteiger partial charge in [-0.05, 0) is 35.6 Å². The Morgan fingerprint density at radius 3 is 2.19 bits per heavy atom. The van der Waals surface area contributed by atoms with E-state index in [1.165, 1.54) is 11.1 Å². The normalized spacial score (nSPS) is 10.6. The molecule has 0 amide bonds. The molecule has 2 nitrogen and oxygen atoms in total. The van der Waals surface area contributed by atoms with Crippen LogP contribution in [0.4, 0.5) is 0 Å². The van der Waals surface area contributed by atoms with Crippen LogP contribution in [0.5, 0.6) is 11.5 Å². The largest absolute Gasteiger partial charge is 0.496 e. The van der Waals surface area contributed by atoms with Gasteiger partial charge in [0, 0.05) is 10.9 Å². The lowest BCUT2D eigenvalue weighted by Gasteiger charge is -2.16. The van der Waals surface area contributed by atoms with Crippen LogP contribution in [0.25, 0.3) is 21.9 Å². The lowest BCUT2D eigenvalue weighted by molar-refractivity contribution is 0.413. The molecule has 0 spiro atoms. The monoisotopic (exact) mass is 278 g/mol. The SMILES string of the molecule is COc1ccc2cccc(OC)c2c1-c1ccccc1C. The predicted octanol–water partition coefficient (Wildman–Crippen LogP) is 4.83. The Morgan fingerprint density at radius 2 is 1.48 bits per heavy atom. The van der Waals surface area contributed by atoms with Crippen molar-refractivity contribution in [3.8, 4) is 22.6 Å². The van der Waals surface area contributed by atoms with Gasteiger partial charge in [-0.25, -0.2) is 0 Å². The third-order valence-corrected chi connectivity index (χ3v) is 3.82. The van der Waals surface area contributed by atoms with E-state index in [9.17, 15) is 0 Å². The van der Waals surface area contributed by atoms with E-state index in [0.717, 1.165) is 27.8 Å². The molecule has 2 heteroatoms. The molecule has 0 aliphatic heterocycles. The number of hydrogen-bond donors (Lipinski definition) is 0. The van der Waals surface area contributed by atoms with Crippen molar-refractivity contribution in [2.24, 2.45) is 0 Å². The van der Waals surface area contributed by atoms with E-state index in [-0.39, 0.29) is 0 Å². The van der Waals surface area contributed by atoms with Crippen LogP contribution in [-0.2, 0) is 0 Å². The lowest BCUT2D eigenvalue weighted by atomic mass is 9.93. The fourth-order valence-corrected chi connectivity index (χ4v) is 2.79.